The number of carbonyl (C=O) groups excluding carboxylic acids is 1. The lowest BCUT2D eigenvalue weighted by atomic mass is 9.74. The molecular formula is C17H21NO3. The van der Waals surface area contributed by atoms with E-state index in [1.807, 2.05) is 23.3 Å². The van der Waals surface area contributed by atoms with Crippen molar-refractivity contribution in [1.29, 1.82) is 0 Å². The number of nitrogens with zero attached hydrogens (tertiary/aromatic N) is 1. The van der Waals surface area contributed by atoms with E-state index in [1.54, 1.807) is 14.2 Å². The monoisotopic (exact) mass is 287 g/mol. The fourth-order valence-electron chi connectivity index (χ4n) is 5.27. The van der Waals surface area contributed by atoms with Gasteiger partial charge in [0.15, 0.2) is 11.5 Å². The number of ketones is 1. The molecule has 1 saturated carbocycles. The van der Waals surface area contributed by atoms with Crippen molar-refractivity contribution in [1.82, 2.24) is 5.06 Å². The van der Waals surface area contributed by atoms with Crippen molar-refractivity contribution in [2.75, 3.05) is 20.8 Å². The number of hydrogen-bond donors (Lipinski definition) is 0. The molecule has 2 fully saturated rings. The van der Waals surface area contributed by atoms with Crippen molar-refractivity contribution >= 4 is 5.78 Å². The first-order chi connectivity index (χ1) is 10.1. The van der Waals surface area contributed by atoms with Crippen LogP contribution in [0.15, 0.2) is 24.3 Å². The fourth-order valence-corrected chi connectivity index (χ4v) is 5.27. The van der Waals surface area contributed by atoms with Crippen molar-refractivity contribution in [2.45, 2.75) is 31.4 Å². The topological polar surface area (TPSA) is 38.8 Å². The lowest BCUT2D eigenvalue weighted by Crippen LogP contribution is -2.60. The van der Waals surface area contributed by atoms with Crippen LogP contribution in [0.5, 0.6) is 0 Å². The smallest absolute Gasteiger partial charge is 0.174 e. The molecule has 0 radical (unpaired) electrons. The minimum atomic E-state index is -0.647. The minimum Gasteiger partial charge on any atom is -0.360 e. The van der Waals surface area contributed by atoms with E-state index < -0.39 is 11.1 Å². The maximum atomic E-state index is 13.2. The van der Waals surface area contributed by atoms with Crippen molar-refractivity contribution in [2.24, 2.45) is 11.3 Å². The molecule has 2 bridgehead atoms. The highest BCUT2D eigenvalue weighted by Gasteiger charge is 2.73. The summed E-state index contributed by atoms with van der Waals surface area (Å²) in [6.07, 6.45) is 1.90. The Hall–Kier alpha value is -1.23. The Balaban J connectivity index is 1.96. The second kappa shape index (κ2) is 4.15. The number of hydrogen-bond acceptors (Lipinski definition) is 4. The summed E-state index contributed by atoms with van der Waals surface area (Å²) in [6, 6.07) is 8.06. The molecule has 1 heterocycles. The van der Waals surface area contributed by atoms with Crippen LogP contribution in [-0.2, 0) is 9.57 Å². The van der Waals surface area contributed by atoms with Gasteiger partial charge in [0.1, 0.15) is 0 Å². The molecule has 0 N–H and O–H groups in total. The Morgan fingerprint density at radius 1 is 1.29 bits per heavy atom. The zero-order chi connectivity index (χ0) is 14.8. The summed E-state index contributed by atoms with van der Waals surface area (Å²) in [7, 11) is 3.38. The van der Waals surface area contributed by atoms with E-state index >= 15 is 0 Å². The standard InChI is InChI=1S/C17H21NO3/c1-16-14(12-6-4-5-7-13(12)15(16)19)11-8-9-18(21-3)17(16,10-11)20-2/h4-7,11,14H,8-10H2,1-3H3. The molecule has 112 valence electrons. The molecule has 1 aromatic carbocycles. The van der Waals surface area contributed by atoms with Crippen LogP contribution in [0.1, 0.15) is 41.6 Å². The number of Topliss-reactive ketones (excluding diaryl/α,β-unsaturated/α-hetero) is 1. The molecule has 0 amide bonds. The third-order valence-corrected chi connectivity index (χ3v) is 6.12. The predicted octanol–water partition coefficient (Wildman–Crippen LogP) is 2.60. The van der Waals surface area contributed by atoms with Crippen LogP contribution in [0, 0.1) is 11.3 Å². The van der Waals surface area contributed by atoms with Gasteiger partial charge >= 0.3 is 0 Å². The van der Waals surface area contributed by atoms with Gasteiger partial charge in [0.2, 0.25) is 0 Å². The van der Waals surface area contributed by atoms with Gasteiger partial charge in [-0.3, -0.25) is 9.63 Å². The molecule has 4 heteroatoms. The number of hydroxylamine groups is 2. The maximum Gasteiger partial charge on any atom is 0.174 e. The molecule has 2 aliphatic carbocycles. The first-order valence-electron chi connectivity index (χ1n) is 7.61. The summed E-state index contributed by atoms with van der Waals surface area (Å²) in [4.78, 5) is 18.8. The normalized spacial score (nSPS) is 41.2. The Kier molecular flexibility index (Phi) is 2.66. The van der Waals surface area contributed by atoms with Gasteiger partial charge in [-0.25, -0.2) is 0 Å². The van der Waals surface area contributed by atoms with Gasteiger partial charge < -0.3 is 4.74 Å². The van der Waals surface area contributed by atoms with E-state index in [1.165, 1.54) is 5.56 Å². The van der Waals surface area contributed by atoms with Crippen LogP contribution >= 0.6 is 0 Å². The first-order valence-corrected chi connectivity index (χ1v) is 7.61. The fraction of sp³-hybridized carbons (Fsp3) is 0.588. The number of fused-ring (bicyclic) bond motifs is 7. The largest absolute Gasteiger partial charge is 0.360 e. The van der Waals surface area contributed by atoms with Crippen molar-refractivity contribution < 1.29 is 14.4 Å². The highest BCUT2D eigenvalue weighted by atomic mass is 16.7. The average Bonchev–Trinajstić information content (AvgIpc) is 2.87. The quantitative estimate of drug-likeness (QED) is 0.838. The zero-order valence-electron chi connectivity index (χ0n) is 12.8. The molecule has 21 heavy (non-hydrogen) atoms. The van der Waals surface area contributed by atoms with E-state index in [2.05, 4.69) is 13.0 Å². The van der Waals surface area contributed by atoms with E-state index in [4.69, 9.17) is 9.57 Å². The molecule has 4 atom stereocenters. The van der Waals surface area contributed by atoms with Crippen molar-refractivity contribution in [3.05, 3.63) is 35.4 Å². The van der Waals surface area contributed by atoms with E-state index in [9.17, 15) is 4.79 Å². The van der Waals surface area contributed by atoms with Crippen LogP contribution in [0.4, 0.5) is 0 Å². The van der Waals surface area contributed by atoms with Gasteiger partial charge in [-0.15, -0.1) is 0 Å². The second-order valence-corrected chi connectivity index (χ2v) is 6.62. The number of methoxy groups -OCH3 is 1. The van der Waals surface area contributed by atoms with Gasteiger partial charge in [0.25, 0.3) is 0 Å². The zero-order valence-corrected chi connectivity index (χ0v) is 12.8. The lowest BCUT2D eigenvalue weighted by molar-refractivity contribution is -0.319. The molecule has 1 aromatic rings. The molecule has 0 spiro atoms. The van der Waals surface area contributed by atoms with Crippen LogP contribution in [0.3, 0.4) is 0 Å². The summed E-state index contributed by atoms with van der Waals surface area (Å²) in [6.45, 7) is 2.89. The molecule has 3 aliphatic rings. The summed E-state index contributed by atoms with van der Waals surface area (Å²) in [5, 5.41) is 1.90. The Bertz CT molecular complexity index is 616. The van der Waals surface area contributed by atoms with Gasteiger partial charge in [0, 0.05) is 25.1 Å². The van der Waals surface area contributed by atoms with Gasteiger partial charge in [0.05, 0.1) is 12.5 Å². The van der Waals surface area contributed by atoms with E-state index in [0.717, 1.165) is 24.9 Å². The maximum absolute atomic E-state index is 13.2. The molecule has 1 aliphatic heterocycles. The number of ether oxygens (including phenoxy) is 1. The highest BCUT2D eigenvalue weighted by molar-refractivity contribution is 6.07. The first kappa shape index (κ1) is 13.4. The summed E-state index contributed by atoms with van der Waals surface area (Å²) < 4.78 is 5.97. The van der Waals surface area contributed by atoms with Crippen LogP contribution in [-0.4, -0.2) is 37.3 Å². The molecule has 1 saturated heterocycles. The average molecular weight is 287 g/mol. The highest BCUT2D eigenvalue weighted by Crippen LogP contribution is 2.68. The van der Waals surface area contributed by atoms with E-state index in [0.29, 0.717) is 5.92 Å². The number of rotatable bonds is 2. The third kappa shape index (κ3) is 1.30. The summed E-state index contributed by atoms with van der Waals surface area (Å²) >= 11 is 0. The Morgan fingerprint density at radius 2 is 2.05 bits per heavy atom. The Labute approximate surface area is 125 Å². The SMILES string of the molecule is CON1CCC2CC1(OC)C1(C)C(=O)c3ccccc3C21. The summed E-state index contributed by atoms with van der Waals surface area (Å²) in [5.41, 5.74) is 0.856. The molecular weight excluding hydrogens is 266 g/mol. The second-order valence-electron chi connectivity index (χ2n) is 6.62. The number of piperidine rings is 1. The molecule has 4 rings (SSSR count). The van der Waals surface area contributed by atoms with Gasteiger partial charge in [-0.05, 0) is 31.2 Å². The van der Waals surface area contributed by atoms with Gasteiger partial charge in [-0.2, -0.15) is 5.06 Å². The number of benzene rings is 1. The number of carbonyl (C=O) groups is 1. The van der Waals surface area contributed by atoms with Crippen molar-refractivity contribution in [3.8, 4) is 0 Å². The lowest BCUT2D eigenvalue weighted by Gasteiger charge is -2.48. The van der Waals surface area contributed by atoms with Crippen LogP contribution in [0.25, 0.3) is 0 Å². The molecule has 4 unspecified atom stereocenters. The predicted molar refractivity (Wildman–Crippen MR) is 77.8 cm³/mol. The molecule has 0 aromatic heterocycles. The van der Waals surface area contributed by atoms with Crippen LogP contribution < -0.4 is 0 Å². The Morgan fingerprint density at radius 3 is 2.76 bits per heavy atom. The third-order valence-electron chi connectivity index (χ3n) is 6.12. The molecule has 4 nitrogen and oxygen atoms in total. The van der Waals surface area contributed by atoms with Crippen LogP contribution in [0.2, 0.25) is 0 Å². The van der Waals surface area contributed by atoms with Gasteiger partial charge in [-0.1, -0.05) is 24.3 Å². The minimum absolute atomic E-state index is 0.205. The van der Waals surface area contributed by atoms with E-state index in [-0.39, 0.29) is 11.7 Å². The van der Waals surface area contributed by atoms with Crippen molar-refractivity contribution in [3.63, 3.8) is 0 Å². The summed E-state index contributed by atoms with van der Waals surface area (Å²) in [5.74, 6) is 0.923.